The number of carbonyl (C=O) groups is 2. The molecule has 0 heterocycles. The Morgan fingerprint density at radius 1 is 1.00 bits per heavy atom. The minimum atomic E-state index is -4.92. The molecule has 136 valence electrons. The number of hydrogen-bond acceptors (Lipinski definition) is 7. The predicted molar refractivity (Wildman–Crippen MR) is 99.1 cm³/mol. The summed E-state index contributed by atoms with van der Waals surface area (Å²) in [5.74, 6) is -0.993. The van der Waals surface area contributed by atoms with Gasteiger partial charge in [-0.3, -0.25) is 14.1 Å². The van der Waals surface area contributed by atoms with E-state index in [-0.39, 0.29) is 42.4 Å². The second-order valence-corrected chi connectivity index (χ2v) is 6.50. The molecule has 0 fully saturated rings. The SMILES string of the molecule is NC(=O)CCC(N)=O.O=S(=O)([O-])O.S=C(S)NCCNC(=S)S.[Na+]. The first kappa shape index (κ1) is 32.0. The summed E-state index contributed by atoms with van der Waals surface area (Å²) in [4.78, 5) is 19.8. The van der Waals surface area contributed by atoms with E-state index in [9.17, 15) is 9.59 Å². The largest absolute Gasteiger partial charge is 1.00 e. The zero-order valence-corrected chi connectivity index (χ0v) is 18.8. The molecule has 2 amide bonds. The summed E-state index contributed by atoms with van der Waals surface area (Å²) in [5, 5.41) is 5.68. The van der Waals surface area contributed by atoms with Crippen molar-refractivity contribution >= 4 is 80.5 Å². The molecule has 0 aliphatic heterocycles. The van der Waals surface area contributed by atoms with Gasteiger partial charge in [-0.2, -0.15) is 0 Å². The van der Waals surface area contributed by atoms with Gasteiger partial charge in [0.15, 0.2) is 0 Å². The van der Waals surface area contributed by atoms with Gasteiger partial charge in [-0.15, -0.1) is 25.3 Å². The van der Waals surface area contributed by atoms with Crippen molar-refractivity contribution in [1.82, 2.24) is 10.6 Å². The maximum atomic E-state index is 9.92. The van der Waals surface area contributed by atoms with Crippen LogP contribution in [0.5, 0.6) is 0 Å². The fraction of sp³-hybridized carbons (Fsp3) is 0.500. The van der Waals surface area contributed by atoms with E-state index in [4.69, 9.17) is 29.0 Å². The zero-order chi connectivity index (χ0) is 19.1. The Balaban J connectivity index is -0.000000129. The molecule has 0 unspecified atom stereocenters. The number of thiol groups is 2. The van der Waals surface area contributed by atoms with Crippen LogP contribution in [0.1, 0.15) is 12.8 Å². The number of hydrogen-bond donors (Lipinski definition) is 7. The molecule has 0 saturated carbocycles. The third-order valence-corrected chi connectivity index (χ3v) is 1.90. The summed E-state index contributed by atoms with van der Waals surface area (Å²) in [6.45, 7) is 1.42. The van der Waals surface area contributed by atoms with Crippen molar-refractivity contribution in [3.05, 3.63) is 0 Å². The first-order chi connectivity index (χ1) is 10.3. The number of carbonyl (C=O) groups excluding carboxylic acids is 2. The van der Waals surface area contributed by atoms with Crippen molar-refractivity contribution in [2.45, 2.75) is 12.8 Å². The third-order valence-electron chi connectivity index (χ3n) is 1.30. The molecular weight excluding hydrogens is 431 g/mol. The van der Waals surface area contributed by atoms with Crippen LogP contribution in [0.25, 0.3) is 0 Å². The second-order valence-electron chi connectivity index (χ2n) is 3.32. The average Bonchev–Trinajstić information content (AvgIpc) is 2.30. The number of amides is 2. The Kier molecular flexibility index (Phi) is 26.2. The molecule has 0 saturated heterocycles. The van der Waals surface area contributed by atoms with Gasteiger partial charge < -0.3 is 26.7 Å². The van der Waals surface area contributed by atoms with Gasteiger partial charge in [0.1, 0.15) is 8.64 Å². The van der Waals surface area contributed by atoms with Gasteiger partial charge in [0, 0.05) is 25.9 Å². The smallest absolute Gasteiger partial charge is 0.726 e. The fourth-order valence-electron chi connectivity index (χ4n) is 0.585. The van der Waals surface area contributed by atoms with Crippen LogP contribution in [0.3, 0.4) is 0 Å². The van der Waals surface area contributed by atoms with Crippen LogP contribution in [0.15, 0.2) is 0 Å². The van der Waals surface area contributed by atoms with Crippen molar-refractivity contribution in [1.29, 1.82) is 0 Å². The minimum Gasteiger partial charge on any atom is -0.726 e. The number of rotatable bonds is 6. The maximum Gasteiger partial charge on any atom is 1.00 e. The summed E-state index contributed by atoms with van der Waals surface area (Å²) < 4.78 is 33.8. The molecular formula is C8H17N4NaO6S5. The van der Waals surface area contributed by atoms with Crippen molar-refractivity contribution < 1.29 is 56.7 Å². The molecule has 0 aromatic heterocycles. The zero-order valence-electron chi connectivity index (χ0n) is 12.6. The minimum absolute atomic E-state index is 0. The van der Waals surface area contributed by atoms with Crippen molar-refractivity contribution in [3.8, 4) is 0 Å². The summed E-state index contributed by atoms with van der Waals surface area (Å²) in [6, 6.07) is 0. The molecule has 24 heavy (non-hydrogen) atoms. The fourth-order valence-corrected chi connectivity index (χ4v) is 1.01. The molecule has 0 aliphatic carbocycles. The quantitative estimate of drug-likeness (QED) is 0.0520. The van der Waals surface area contributed by atoms with Gasteiger partial charge in [0.2, 0.25) is 22.2 Å². The predicted octanol–water partition coefficient (Wildman–Crippen LogP) is -4.66. The van der Waals surface area contributed by atoms with Crippen LogP contribution in [-0.4, -0.2) is 51.1 Å². The summed E-state index contributed by atoms with van der Waals surface area (Å²) in [5.41, 5.74) is 9.39. The van der Waals surface area contributed by atoms with Crippen molar-refractivity contribution in [2.24, 2.45) is 11.5 Å². The van der Waals surface area contributed by atoms with E-state index in [1.54, 1.807) is 0 Å². The van der Waals surface area contributed by atoms with Crippen LogP contribution in [-0.2, 0) is 20.0 Å². The molecule has 0 aromatic carbocycles. The van der Waals surface area contributed by atoms with E-state index >= 15 is 0 Å². The monoisotopic (exact) mass is 448 g/mol. The Morgan fingerprint density at radius 3 is 1.33 bits per heavy atom. The van der Waals surface area contributed by atoms with Gasteiger partial charge in [-0.25, -0.2) is 8.42 Å². The molecule has 16 heteroatoms. The molecule has 0 atom stereocenters. The van der Waals surface area contributed by atoms with Crippen LogP contribution in [0.2, 0.25) is 0 Å². The molecule has 0 bridgehead atoms. The normalized spacial score (nSPS) is 8.83. The molecule has 0 aromatic rings. The van der Waals surface area contributed by atoms with Gasteiger partial charge in [-0.05, 0) is 0 Å². The van der Waals surface area contributed by atoms with Crippen LogP contribution in [0.4, 0.5) is 0 Å². The van der Waals surface area contributed by atoms with Crippen LogP contribution in [0, 0.1) is 0 Å². The topological polar surface area (TPSA) is 188 Å². The summed E-state index contributed by atoms with van der Waals surface area (Å²) in [7, 11) is -4.92. The van der Waals surface area contributed by atoms with E-state index < -0.39 is 22.2 Å². The molecule has 0 rings (SSSR count). The van der Waals surface area contributed by atoms with Crippen molar-refractivity contribution in [3.63, 3.8) is 0 Å². The Bertz CT molecular complexity index is 465. The maximum absolute atomic E-state index is 9.92. The Hall–Kier alpha value is 0.290. The summed E-state index contributed by atoms with van der Waals surface area (Å²) >= 11 is 17.0. The second kappa shape index (κ2) is 19.6. The first-order valence-electron chi connectivity index (χ1n) is 5.44. The molecule has 0 aliphatic rings. The first-order valence-corrected chi connectivity index (χ1v) is 8.51. The number of primary amides is 2. The van der Waals surface area contributed by atoms with Crippen molar-refractivity contribution in [2.75, 3.05) is 13.1 Å². The number of thiocarbonyl (C=S) groups is 2. The number of nitrogens with one attached hydrogen (secondary N) is 2. The van der Waals surface area contributed by atoms with Gasteiger partial charge in [0.25, 0.3) is 0 Å². The Morgan fingerprint density at radius 2 is 1.21 bits per heavy atom. The van der Waals surface area contributed by atoms with Crippen LogP contribution >= 0.6 is 49.7 Å². The Labute approximate surface area is 183 Å². The molecule has 7 N–H and O–H groups in total. The van der Waals surface area contributed by atoms with Gasteiger partial charge in [-0.1, -0.05) is 24.4 Å². The summed E-state index contributed by atoms with van der Waals surface area (Å²) in [6.07, 6.45) is 0.102. The van der Waals surface area contributed by atoms with E-state index in [1.807, 2.05) is 0 Å². The molecule has 10 nitrogen and oxygen atoms in total. The third kappa shape index (κ3) is 66.9. The average molecular weight is 449 g/mol. The van der Waals surface area contributed by atoms with E-state index in [0.29, 0.717) is 21.7 Å². The van der Waals surface area contributed by atoms with E-state index in [0.717, 1.165) is 0 Å². The number of nitrogens with two attached hydrogens (primary N) is 2. The van der Waals surface area contributed by atoms with Crippen LogP contribution < -0.4 is 51.7 Å². The molecule has 0 radical (unpaired) electrons. The molecule has 0 spiro atoms. The van der Waals surface area contributed by atoms with E-state index in [2.05, 4.69) is 60.3 Å². The van der Waals surface area contributed by atoms with E-state index in [1.165, 1.54) is 0 Å². The van der Waals surface area contributed by atoms with Gasteiger partial charge in [0.05, 0.1) is 0 Å². The van der Waals surface area contributed by atoms with Gasteiger partial charge >= 0.3 is 29.6 Å². The standard InChI is InChI=1S/C4H8N2O2.C4H8N2S4.Na.H2O4S/c5-3(7)1-2-4(6)8;7-3(8)5-1-2-6-4(9)10;;1-5(2,3)4/h1-2H2,(H2,5,7)(H2,6,8);1-2H2,(H2,5,7,8)(H2,6,9,10);;(H2,1,2,3,4)/q;;+1;/p-1.